The van der Waals surface area contributed by atoms with Crippen molar-refractivity contribution >= 4 is 55.7 Å². The van der Waals surface area contributed by atoms with E-state index < -0.39 is 0 Å². The Morgan fingerprint density at radius 3 is 2.49 bits per heavy atom. The standard InChI is InChI=1S/C27H19Cl2N5O2S/c1-16-25-21(13-24(35)32(16)15-19-8-5-9-23(29)30-19)33(14-17-6-3-2-4-7-17)34(26(25)36)27-31-20-11-10-18(28)12-22(20)37-27/h2-13H,14-15H2,1H3. The molecule has 10 heteroatoms. The Hall–Kier alpha value is -3.72. The van der Waals surface area contributed by atoms with Crippen LogP contribution in [0.5, 0.6) is 0 Å². The summed E-state index contributed by atoms with van der Waals surface area (Å²) in [5, 5.41) is 1.90. The first-order chi connectivity index (χ1) is 17.9. The van der Waals surface area contributed by atoms with Gasteiger partial charge in [-0.05, 0) is 42.8 Å². The Morgan fingerprint density at radius 1 is 0.892 bits per heavy atom. The molecule has 37 heavy (non-hydrogen) atoms. The Labute approximate surface area is 224 Å². The van der Waals surface area contributed by atoms with Crippen LogP contribution in [0.4, 0.5) is 0 Å². The molecule has 0 unspecified atom stereocenters. The fourth-order valence-corrected chi connectivity index (χ4v) is 5.95. The van der Waals surface area contributed by atoms with E-state index in [0.717, 1.165) is 15.8 Å². The summed E-state index contributed by atoms with van der Waals surface area (Å²) in [4.78, 5) is 36.4. The molecule has 0 amide bonds. The quantitative estimate of drug-likeness (QED) is 0.260. The zero-order chi connectivity index (χ0) is 25.7. The van der Waals surface area contributed by atoms with Crippen molar-refractivity contribution in [2.24, 2.45) is 0 Å². The molecule has 0 aliphatic carbocycles. The lowest BCUT2D eigenvalue weighted by molar-refractivity contribution is 0.610. The van der Waals surface area contributed by atoms with E-state index in [1.165, 1.54) is 17.4 Å². The van der Waals surface area contributed by atoms with Gasteiger partial charge in [-0.3, -0.25) is 14.3 Å². The van der Waals surface area contributed by atoms with Crippen LogP contribution in [-0.2, 0) is 13.1 Å². The van der Waals surface area contributed by atoms with Gasteiger partial charge < -0.3 is 4.57 Å². The molecule has 184 valence electrons. The smallest absolute Gasteiger partial charge is 0.283 e. The molecule has 0 saturated carbocycles. The van der Waals surface area contributed by atoms with Crippen LogP contribution in [0.1, 0.15) is 17.0 Å². The average molecular weight is 548 g/mol. The first-order valence-corrected chi connectivity index (χ1v) is 13.0. The molecule has 7 nitrogen and oxygen atoms in total. The average Bonchev–Trinajstić information content (AvgIpc) is 3.40. The van der Waals surface area contributed by atoms with Gasteiger partial charge in [-0.15, -0.1) is 0 Å². The van der Waals surface area contributed by atoms with Crippen LogP contribution in [0.15, 0.2) is 82.4 Å². The van der Waals surface area contributed by atoms with E-state index >= 15 is 0 Å². The van der Waals surface area contributed by atoms with E-state index in [9.17, 15) is 9.59 Å². The highest BCUT2D eigenvalue weighted by Gasteiger charge is 2.22. The van der Waals surface area contributed by atoms with Crippen molar-refractivity contribution in [3.05, 3.63) is 121 Å². The van der Waals surface area contributed by atoms with Crippen molar-refractivity contribution in [2.45, 2.75) is 20.0 Å². The SMILES string of the molecule is Cc1c2c(=O)n(-c3nc4ccc(Cl)cc4s3)n(Cc3ccccc3)c2cc(=O)n1Cc1cccc(Cl)n1. The molecule has 0 radical (unpaired) electrons. The number of fused-ring (bicyclic) bond motifs is 2. The molecule has 0 aliphatic rings. The second kappa shape index (κ2) is 9.30. The van der Waals surface area contributed by atoms with Gasteiger partial charge in [0.05, 0.1) is 39.9 Å². The predicted molar refractivity (Wildman–Crippen MR) is 149 cm³/mol. The summed E-state index contributed by atoms with van der Waals surface area (Å²) in [6.07, 6.45) is 0. The highest BCUT2D eigenvalue weighted by Crippen LogP contribution is 2.28. The van der Waals surface area contributed by atoms with Gasteiger partial charge in [0.25, 0.3) is 11.1 Å². The minimum absolute atomic E-state index is 0.199. The number of aryl methyl sites for hydroxylation is 1. The molecule has 0 fully saturated rings. The molecule has 0 spiro atoms. The highest BCUT2D eigenvalue weighted by molar-refractivity contribution is 7.20. The molecule has 6 aromatic rings. The van der Waals surface area contributed by atoms with Crippen LogP contribution in [0, 0.1) is 6.92 Å². The Balaban J connectivity index is 1.61. The largest absolute Gasteiger partial charge is 0.306 e. The summed E-state index contributed by atoms with van der Waals surface area (Å²) in [5.74, 6) is 0. The summed E-state index contributed by atoms with van der Waals surface area (Å²) in [6.45, 7) is 2.37. The van der Waals surface area contributed by atoms with Crippen LogP contribution >= 0.6 is 34.5 Å². The lowest BCUT2D eigenvalue weighted by Gasteiger charge is -2.12. The molecule has 6 rings (SSSR count). The molecule has 0 N–H and O–H groups in total. The van der Waals surface area contributed by atoms with Gasteiger partial charge in [-0.25, -0.2) is 9.97 Å². The number of thiazole rings is 1. The van der Waals surface area contributed by atoms with Crippen molar-refractivity contribution in [3.8, 4) is 5.13 Å². The van der Waals surface area contributed by atoms with Crippen molar-refractivity contribution in [3.63, 3.8) is 0 Å². The minimum atomic E-state index is -0.249. The van der Waals surface area contributed by atoms with E-state index in [4.69, 9.17) is 28.2 Å². The lowest BCUT2D eigenvalue weighted by Crippen LogP contribution is -2.24. The van der Waals surface area contributed by atoms with Gasteiger partial charge in [-0.2, -0.15) is 4.68 Å². The molecular formula is C27H19Cl2N5O2S. The van der Waals surface area contributed by atoms with E-state index in [0.29, 0.717) is 44.1 Å². The van der Waals surface area contributed by atoms with Crippen LogP contribution in [-0.4, -0.2) is 23.9 Å². The van der Waals surface area contributed by atoms with Gasteiger partial charge >= 0.3 is 0 Å². The molecule has 0 saturated heterocycles. The van der Waals surface area contributed by atoms with Crippen molar-refractivity contribution in [2.75, 3.05) is 0 Å². The van der Waals surface area contributed by atoms with Crippen LogP contribution < -0.4 is 11.1 Å². The third-order valence-electron chi connectivity index (χ3n) is 6.26. The van der Waals surface area contributed by atoms with Gasteiger partial charge in [-0.1, -0.05) is 70.9 Å². The van der Waals surface area contributed by atoms with Crippen LogP contribution in [0.2, 0.25) is 10.2 Å². The number of aromatic nitrogens is 5. The van der Waals surface area contributed by atoms with Crippen molar-refractivity contribution in [1.82, 2.24) is 23.9 Å². The Bertz CT molecular complexity index is 1920. The summed E-state index contributed by atoms with van der Waals surface area (Å²) in [6, 6.07) is 22.0. The molecule has 0 atom stereocenters. The maximum Gasteiger partial charge on any atom is 0.283 e. The third kappa shape index (κ3) is 4.27. The summed E-state index contributed by atoms with van der Waals surface area (Å²) in [5.41, 5.74) is 2.98. The number of rotatable bonds is 5. The molecule has 4 heterocycles. The maximum atomic E-state index is 14.0. The number of halogens is 2. The van der Waals surface area contributed by atoms with Crippen LogP contribution in [0.3, 0.4) is 0 Å². The first kappa shape index (κ1) is 23.7. The van der Waals surface area contributed by atoms with Crippen molar-refractivity contribution in [1.29, 1.82) is 0 Å². The minimum Gasteiger partial charge on any atom is -0.306 e. The van der Waals surface area contributed by atoms with Gasteiger partial charge in [0, 0.05) is 16.8 Å². The summed E-state index contributed by atoms with van der Waals surface area (Å²) >= 11 is 13.6. The maximum absolute atomic E-state index is 14.0. The van der Waals surface area contributed by atoms with Crippen molar-refractivity contribution < 1.29 is 0 Å². The number of hydrogen-bond acceptors (Lipinski definition) is 5. The second-order valence-corrected chi connectivity index (χ2v) is 10.5. The molecule has 0 aliphatic heterocycles. The zero-order valence-corrected chi connectivity index (χ0v) is 21.9. The lowest BCUT2D eigenvalue weighted by atomic mass is 10.2. The van der Waals surface area contributed by atoms with E-state index in [-0.39, 0.29) is 17.7 Å². The molecule has 0 bridgehead atoms. The Kier molecular flexibility index (Phi) is 5.95. The number of hydrogen-bond donors (Lipinski definition) is 0. The van der Waals surface area contributed by atoms with Crippen LogP contribution in [0.25, 0.3) is 26.3 Å². The van der Waals surface area contributed by atoms with Gasteiger partial charge in [0.15, 0.2) is 0 Å². The normalized spacial score (nSPS) is 11.5. The monoisotopic (exact) mass is 547 g/mol. The zero-order valence-electron chi connectivity index (χ0n) is 19.6. The second-order valence-electron chi connectivity index (χ2n) is 8.63. The summed E-state index contributed by atoms with van der Waals surface area (Å²) < 4.78 is 5.81. The van der Waals surface area contributed by atoms with Gasteiger partial charge in [0.1, 0.15) is 5.15 Å². The van der Waals surface area contributed by atoms with Gasteiger partial charge in [0.2, 0.25) is 5.13 Å². The highest BCUT2D eigenvalue weighted by atomic mass is 35.5. The molecule has 2 aromatic carbocycles. The number of nitrogens with zero attached hydrogens (tertiary/aromatic N) is 5. The topological polar surface area (TPSA) is 74.7 Å². The fourth-order valence-electron chi connectivity index (χ4n) is 4.52. The third-order valence-corrected chi connectivity index (χ3v) is 7.70. The van der Waals surface area contributed by atoms with E-state index in [1.54, 1.807) is 40.4 Å². The fraction of sp³-hybridized carbons (Fsp3) is 0.111. The van der Waals surface area contributed by atoms with E-state index in [1.807, 2.05) is 47.1 Å². The predicted octanol–water partition coefficient (Wildman–Crippen LogP) is 5.67. The Morgan fingerprint density at radius 2 is 1.70 bits per heavy atom. The molecular weight excluding hydrogens is 529 g/mol. The first-order valence-electron chi connectivity index (χ1n) is 11.5. The number of pyridine rings is 2. The number of benzene rings is 2. The summed E-state index contributed by atoms with van der Waals surface area (Å²) in [7, 11) is 0. The molecule has 4 aromatic heterocycles. The van der Waals surface area contributed by atoms with E-state index in [2.05, 4.69) is 4.98 Å².